The first-order chi connectivity index (χ1) is 9.60. The fourth-order valence-electron chi connectivity index (χ4n) is 1.78. The fourth-order valence-corrected chi connectivity index (χ4v) is 1.78. The normalized spacial score (nSPS) is 10.3. The number of nitrogens with two attached hydrogens (primary N) is 1. The highest BCUT2D eigenvalue weighted by Crippen LogP contribution is 2.18. The molecule has 0 atom stereocenters. The van der Waals surface area contributed by atoms with Crippen LogP contribution in [0, 0.1) is 11.6 Å². The molecule has 5 heteroatoms. The average molecular weight is 276 g/mol. The van der Waals surface area contributed by atoms with Gasteiger partial charge in [0.25, 0.3) is 0 Å². The standard InChI is InChI=1S/C15H14F2N2O/c16-12-2-1-3-13(17)15(12)19-14(20)8-10-4-6-11(9-18)7-5-10/h1-7H,8-9,18H2,(H,19,20). The summed E-state index contributed by atoms with van der Waals surface area (Å²) in [6, 6.07) is 10.6. The van der Waals surface area contributed by atoms with Crippen LogP contribution in [0.3, 0.4) is 0 Å². The number of nitrogens with one attached hydrogen (secondary N) is 1. The highest BCUT2D eigenvalue weighted by atomic mass is 19.1. The van der Waals surface area contributed by atoms with Crippen LogP contribution >= 0.6 is 0 Å². The van der Waals surface area contributed by atoms with Gasteiger partial charge in [0, 0.05) is 6.54 Å². The topological polar surface area (TPSA) is 55.1 Å². The molecule has 0 bridgehead atoms. The molecule has 0 saturated carbocycles. The van der Waals surface area contributed by atoms with Gasteiger partial charge in [-0.15, -0.1) is 0 Å². The summed E-state index contributed by atoms with van der Waals surface area (Å²) in [6.45, 7) is 0.424. The highest BCUT2D eigenvalue weighted by Gasteiger charge is 2.12. The summed E-state index contributed by atoms with van der Waals surface area (Å²) in [5.74, 6) is -2.07. The summed E-state index contributed by atoms with van der Waals surface area (Å²) in [6.07, 6.45) is 0.0403. The van der Waals surface area contributed by atoms with Crippen molar-refractivity contribution in [2.45, 2.75) is 13.0 Å². The Morgan fingerprint density at radius 3 is 2.10 bits per heavy atom. The molecule has 104 valence electrons. The maximum Gasteiger partial charge on any atom is 0.228 e. The summed E-state index contributed by atoms with van der Waals surface area (Å²) in [4.78, 5) is 11.8. The summed E-state index contributed by atoms with van der Waals surface area (Å²) in [5.41, 5.74) is 6.75. The van der Waals surface area contributed by atoms with Crippen LogP contribution in [-0.4, -0.2) is 5.91 Å². The smallest absolute Gasteiger partial charge is 0.228 e. The number of anilines is 1. The lowest BCUT2D eigenvalue weighted by atomic mass is 10.1. The van der Waals surface area contributed by atoms with Gasteiger partial charge in [-0.05, 0) is 23.3 Å². The Balaban J connectivity index is 2.05. The molecule has 2 aromatic rings. The number of carbonyl (C=O) groups is 1. The zero-order valence-electron chi connectivity index (χ0n) is 10.7. The number of benzene rings is 2. The number of halogens is 2. The van der Waals surface area contributed by atoms with Gasteiger partial charge in [-0.3, -0.25) is 4.79 Å². The van der Waals surface area contributed by atoms with E-state index in [4.69, 9.17) is 5.73 Å². The lowest BCUT2D eigenvalue weighted by Gasteiger charge is -2.08. The Morgan fingerprint density at radius 2 is 1.55 bits per heavy atom. The summed E-state index contributed by atoms with van der Waals surface area (Å²) >= 11 is 0. The van der Waals surface area contributed by atoms with Crippen molar-refractivity contribution in [3.63, 3.8) is 0 Å². The molecule has 0 aliphatic rings. The molecule has 0 aliphatic heterocycles. The number of carbonyl (C=O) groups excluding carboxylic acids is 1. The van der Waals surface area contributed by atoms with E-state index in [-0.39, 0.29) is 6.42 Å². The molecular weight excluding hydrogens is 262 g/mol. The van der Waals surface area contributed by atoms with E-state index in [1.807, 2.05) is 12.1 Å². The van der Waals surface area contributed by atoms with Crippen molar-refractivity contribution < 1.29 is 13.6 Å². The predicted molar refractivity (Wildman–Crippen MR) is 73.0 cm³/mol. The number of para-hydroxylation sites is 1. The Kier molecular flexibility index (Phi) is 4.42. The van der Waals surface area contributed by atoms with Gasteiger partial charge in [0.1, 0.15) is 17.3 Å². The number of amides is 1. The SMILES string of the molecule is NCc1ccc(CC(=O)Nc2c(F)cccc2F)cc1. The molecule has 2 rings (SSSR count). The van der Waals surface area contributed by atoms with Gasteiger partial charge in [0.15, 0.2) is 0 Å². The molecule has 0 unspecified atom stereocenters. The van der Waals surface area contributed by atoms with Crippen LogP contribution in [0.25, 0.3) is 0 Å². The third-order valence-electron chi connectivity index (χ3n) is 2.85. The number of hydrogen-bond acceptors (Lipinski definition) is 2. The average Bonchev–Trinajstić information content (AvgIpc) is 2.44. The largest absolute Gasteiger partial charge is 0.326 e. The molecule has 0 aliphatic carbocycles. The quantitative estimate of drug-likeness (QED) is 0.902. The molecule has 3 nitrogen and oxygen atoms in total. The van der Waals surface area contributed by atoms with Crippen LogP contribution in [0.15, 0.2) is 42.5 Å². The van der Waals surface area contributed by atoms with Gasteiger partial charge in [0.05, 0.1) is 6.42 Å². The lowest BCUT2D eigenvalue weighted by Crippen LogP contribution is -2.16. The van der Waals surface area contributed by atoms with Crippen LogP contribution in [0.4, 0.5) is 14.5 Å². The van der Waals surface area contributed by atoms with Crippen molar-refractivity contribution in [1.82, 2.24) is 0 Å². The minimum Gasteiger partial charge on any atom is -0.326 e. The van der Waals surface area contributed by atoms with Crippen molar-refractivity contribution >= 4 is 11.6 Å². The van der Waals surface area contributed by atoms with Crippen molar-refractivity contribution in [3.05, 3.63) is 65.2 Å². The molecule has 0 fully saturated rings. The zero-order valence-corrected chi connectivity index (χ0v) is 10.7. The van der Waals surface area contributed by atoms with Gasteiger partial charge in [-0.2, -0.15) is 0 Å². The Hall–Kier alpha value is -2.27. The molecule has 0 saturated heterocycles. The van der Waals surface area contributed by atoms with E-state index in [0.717, 1.165) is 23.3 Å². The first-order valence-electron chi connectivity index (χ1n) is 6.12. The molecule has 0 aromatic heterocycles. The maximum absolute atomic E-state index is 13.4. The second-order valence-electron chi connectivity index (χ2n) is 4.34. The first-order valence-corrected chi connectivity index (χ1v) is 6.12. The third kappa shape index (κ3) is 3.39. The van der Waals surface area contributed by atoms with Crippen LogP contribution in [0.5, 0.6) is 0 Å². The van der Waals surface area contributed by atoms with Gasteiger partial charge in [-0.25, -0.2) is 8.78 Å². The van der Waals surface area contributed by atoms with E-state index < -0.39 is 23.2 Å². The van der Waals surface area contributed by atoms with Gasteiger partial charge in [-0.1, -0.05) is 30.3 Å². The maximum atomic E-state index is 13.4. The molecule has 2 aromatic carbocycles. The van der Waals surface area contributed by atoms with Crippen LogP contribution < -0.4 is 11.1 Å². The highest BCUT2D eigenvalue weighted by molar-refractivity contribution is 5.92. The van der Waals surface area contributed by atoms with Crippen LogP contribution in [0.1, 0.15) is 11.1 Å². The van der Waals surface area contributed by atoms with E-state index in [0.29, 0.717) is 6.54 Å². The van der Waals surface area contributed by atoms with E-state index in [1.165, 1.54) is 6.07 Å². The molecule has 0 heterocycles. The van der Waals surface area contributed by atoms with Gasteiger partial charge < -0.3 is 11.1 Å². The Labute approximate surface area is 115 Å². The van der Waals surface area contributed by atoms with Gasteiger partial charge >= 0.3 is 0 Å². The van der Waals surface area contributed by atoms with E-state index in [9.17, 15) is 13.6 Å². The third-order valence-corrected chi connectivity index (χ3v) is 2.85. The summed E-state index contributed by atoms with van der Waals surface area (Å²) < 4.78 is 26.8. The van der Waals surface area contributed by atoms with Gasteiger partial charge in [0.2, 0.25) is 5.91 Å². The van der Waals surface area contributed by atoms with E-state index in [2.05, 4.69) is 5.32 Å². The molecule has 20 heavy (non-hydrogen) atoms. The number of hydrogen-bond donors (Lipinski definition) is 2. The molecule has 3 N–H and O–H groups in total. The fraction of sp³-hybridized carbons (Fsp3) is 0.133. The van der Waals surface area contributed by atoms with Crippen molar-refractivity contribution in [2.24, 2.45) is 5.73 Å². The van der Waals surface area contributed by atoms with E-state index in [1.54, 1.807) is 12.1 Å². The molecule has 1 amide bonds. The summed E-state index contributed by atoms with van der Waals surface area (Å²) in [7, 11) is 0. The van der Waals surface area contributed by atoms with Crippen LogP contribution in [-0.2, 0) is 17.8 Å². The summed E-state index contributed by atoms with van der Waals surface area (Å²) in [5, 5.41) is 2.24. The second kappa shape index (κ2) is 6.25. The Bertz CT molecular complexity index is 592. The molecule has 0 spiro atoms. The van der Waals surface area contributed by atoms with Crippen LogP contribution in [0.2, 0.25) is 0 Å². The predicted octanol–water partition coefficient (Wildman–Crippen LogP) is 2.60. The monoisotopic (exact) mass is 276 g/mol. The zero-order chi connectivity index (χ0) is 14.5. The second-order valence-corrected chi connectivity index (χ2v) is 4.34. The minimum atomic E-state index is -0.795. The van der Waals surface area contributed by atoms with Crippen molar-refractivity contribution in [1.29, 1.82) is 0 Å². The lowest BCUT2D eigenvalue weighted by molar-refractivity contribution is -0.115. The molecule has 0 radical (unpaired) electrons. The molecular formula is C15H14F2N2O. The van der Waals surface area contributed by atoms with Crippen molar-refractivity contribution in [2.75, 3.05) is 5.32 Å². The number of rotatable bonds is 4. The van der Waals surface area contributed by atoms with E-state index >= 15 is 0 Å². The van der Waals surface area contributed by atoms with Crippen molar-refractivity contribution in [3.8, 4) is 0 Å². The first kappa shape index (κ1) is 14.1. The minimum absolute atomic E-state index is 0.0403. The Morgan fingerprint density at radius 1 is 1.00 bits per heavy atom.